The Labute approximate surface area is 168 Å². The summed E-state index contributed by atoms with van der Waals surface area (Å²) in [6.45, 7) is 1.09. The van der Waals surface area contributed by atoms with Crippen LogP contribution in [0.3, 0.4) is 0 Å². The highest BCUT2D eigenvalue weighted by molar-refractivity contribution is 7.89. The van der Waals surface area contributed by atoms with Crippen LogP contribution in [0.15, 0.2) is 47.4 Å². The third kappa shape index (κ3) is 4.12. The van der Waals surface area contributed by atoms with Crippen molar-refractivity contribution < 1.29 is 17.9 Å². The first-order valence-corrected chi connectivity index (χ1v) is 10.4. The Morgan fingerprint density at radius 1 is 1.07 bits per heavy atom. The first-order valence-electron chi connectivity index (χ1n) is 8.22. The maximum Gasteiger partial charge on any atom is 0.259 e. The second-order valence-electron chi connectivity index (χ2n) is 5.98. The summed E-state index contributed by atoms with van der Waals surface area (Å²) in [6, 6.07) is 11.5. The number of hydrogen-bond donors (Lipinski definition) is 0. The minimum absolute atomic E-state index is 0.0228. The number of hydrogen-bond acceptors (Lipinski definition) is 4. The van der Waals surface area contributed by atoms with Crippen molar-refractivity contribution >= 4 is 44.8 Å². The number of rotatable bonds is 4. The highest BCUT2D eigenvalue weighted by Crippen LogP contribution is 2.32. The molecule has 27 heavy (non-hydrogen) atoms. The van der Waals surface area contributed by atoms with Crippen LogP contribution in [0, 0.1) is 0 Å². The molecule has 0 spiro atoms. The highest BCUT2D eigenvalue weighted by Gasteiger charge is 2.30. The Morgan fingerprint density at radius 2 is 1.70 bits per heavy atom. The molecule has 6 nitrogen and oxygen atoms in total. The van der Waals surface area contributed by atoms with Gasteiger partial charge in [-0.15, -0.1) is 0 Å². The molecule has 0 aromatic heterocycles. The van der Waals surface area contributed by atoms with Gasteiger partial charge in [0.15, 0.2) is 0 Å². The number of nitrogens with zero attached hydrogens (tertiary/aromatic N) is 2. The molecule has 0 radical (unpaired) electrons. The molecular weight excluding hydrogens is 411 g/mol. The second kappa shape index (κ2) is 8.16. The van der Waals surface area contributed by atoms with Gasteiger partial charge >= 0.3 is 0 Å². The van der Waals surface area contributed by atoms with Crippen LogP contribution in [0.5, 0.6) is 0 Å². The number of anilines is 1. The van der Waals surface area contributed by atoms with Crippen LogP contribution in [-0.2, 0) is 14.8 Å². The van der Waals surface area contributed by atoms with Gasteiger partial charge < -0.3 is 9.64 Å². The zero-order valence-corrected chi connectivity index (χ0v) is 16.9. The van der Waals surface area contributed by atoms with Crippen molar-refractivity contribution in [3.63, 3.8) is 0 Å². The largest absolute Gasteiger partial charge is 0.379 e. The van der Waals surface area contributed by atoms with E-state index in [2.05, 4.69) is 0 Å². The Kier molecular flexibility index (Phi) is 6.08. The molecule has 0 bridgehead atoms. The second-order valence-corrected chi connectivity index (χ2v) is 8.70. The van der Waals surface area contributed by atoms with Crippen LogP contribution in [0.4, 0.5) is 5.69 Å². The lowest BCUT2D eigenvalue weighted by Crippen LogP contribution is -2.40. The lowest BCUT2D eigenvalue weighted by molar-refractivity contribution is 0.0730. The molecule has 1 heterocycles. The van der Waals surface area contributed by atoms with E-state index >= 15 is 0 Å². The van der Waals surface area contributed by atoms with Crippen LogP contribution in [-0.4, -0.2) is 52.0 Å². The predicted molar refractivity (Wildman–Crippen MR) is 105 cm³/mol. The minimum atomic E-state index is -3.86. The van der Waals surface area contributed by atoms with E-state index in [9.17, 15) is 13.2 Å². The Morgan fingerprint density at radius 3 is 2.33 bits per heavy atom. The average Bonchev–Trinajstić information content (AvgIpc) is 2.68. The number of ether oxygens (including phenoxy) is 1. The number of carbonyl (C=O) groups excluding carboxylic acids is 1. The summed E-state index contributed by atoms with van der Waals surface area (Å²) in [5, 5.41) is 0.0686. The summed E-state index contributed by atoms with van der Waals surface area (Å²) >= 11 is 12.4. The molecule has 1 saturated heterocycles. The van der Waals surface area contributed by atoms with Crippen LogP contribution in [0.1, 0.15) is 10.4 Å². The fraction of sp³-hybridized carbons (Fsp3) is 0.278. The van der Waals surface area contributed by atoms with Crippen molar-refractivity contribution in [2.45, 2.75) is 4.90 Å². The molecule has 9 heteroatoms. The van der Waals surface area contributed by atoms with E-state index in [1.54, 1.807) is 31.3 Å². The van der Waals surface area contributed by atoms with Gasteiger partial charge in [-0.1, -0.05) is 41.4 Å². The van der Waals surface area contributed by atoms with Gasteiger partial charge in [0, 0.05) is 25.8 Å². The number of amides is 1. The smallest absolute Gasteiger partial charge is 0.259 e. The van der Waals surface area contributed by atoms with Gasteiger partial charge in [-0.25, -0.2) is 8.42 Å². The number of morpholine rings is 1. The quantitative estimate of drug-likeness (QED) is 0.748. The van der Waals surface area contributed by atoms with Crippen molar-refractivity contribution in [1.29, 1.82) is 0 Å². The Hall–Kier alpha value is -1.64. The predicted octanol–water partition coefficient (Wildman–Crippen LogP) is 3.29. The normalized spacial score (nSPS) is 15.5. The van der Waals surface area contributed by atoms with Crippen molar-refractivity contribution in [2.75, 3.05) is 38.3 Å². The lowest BCUT2D eigenvalue weighted by atomic mass is 10.2. The molecule has 1 aliphatic heterocycles. The van der Waals surface area contributed by atoms with E-state index in [-0.39, 0.29) is 33.6 Å². The lowest BCUT2D eigenvalue weighted by Gasteiger charge is -2.27. The molecule has 0 atom stereocenters. The number of sulfonamides is 1. The van der Waals surface area contributed by atoms with Gasteiger partial charge in [0.2, 0.25) is 10.0 Å². The van der Waals surface area contributed by atoms with Crippen molar-refractivity contribution in [3.05, 3.63) is 58.1 Å². The van der Waals surface area contributed by atoms with E-state index in [1.807, 2.05) is 6.07 Å². The molecular formula is C18H18Cl2N2O4S. The van der Waals surface area contributed by atoms with Gasteiger partial charge in [-0.2, -0.15) is 4.31 Å². The molecule has 1 amide bonds. The minimum Gasteiger partial charge on any atom is -0.379 e. The van der Waals surface area contributed by atoms with E-state index in [4.69, 9.17) is 27.9 Å². The Balaban J connectivity index is 2.00. The van der Waals surface area contributed by atoms with Gasteiger partial charge in [0.05, 0.1) is 28.8 Å². The SMILES string of the molecule is CN(C(=O)c1cc(S(=O)(=O)N2CCOCC2)c(Cl)cc1Cl)c1ccccc1. The van der Waals surface area contributed by atoms with Crippen LogP contribution < -0.4 is 4.90 Å². The van der Waals surface area contributed by atoms with Crippen molar-refractivity contribution in [1.82, 2.24) is 4.31 Å². The van der Waals surface area contributed by atoms with Crippen LogP contribution >= 0.6 is 23.2 Å². The Bertz CT molecular complexity index is 945. The summed E-state index contributed by atoms with van der Waals surface area (Å²) in [5.74, 6) is -0.429. The van der Waals surface area contributed by atoms with Gasteiger partial charge in [-0.3, -0.25) is 4.79 Å². The van der Waals surface area contributed by atoms with Gasteiger partial charge in [-0.05, 0) is 24.3 Å². The molecule has 144 valence electrons. The number of para-hydroxylation sites is 1. The average molecular weight is 429 g/mol. The maximum atomic E-state index is 13.0. The highest BCUT2D eigenvalue weighted by atomic mass is 35.5. The zero-order valence-electron chi connectivity index (χ0n) is 14.6. The molecule has 0 saturated carbocycles. The molecule has 0 N–H and O–H groups in total. The van der Waals surface area contributed by atoms with Gasteiger partial charge in [0.1, 0.15) is 4.90 Å². The first kappa shape index (κ1) is 20.1. The number of benzene rings is 2. The standard InChI is InChI=1S/C18H18Cl2N2O4S/c1-21(13-5-3-2-4-6-13)18(23)14-11-17(16(20)12-15(14)19)27(24,25)22-7-9-26-10-8-22/h2-6,11-12H,7-10H2,1H3. The fourth-order valence-corrected chi connectivity index (χ4v) is 5.00. The first-order chi connectivity index (χ1) is 12.8. The van der Waals surface area contributed by atoms with Crippen molar-refractivity contribution in [2.24, 2.45) is 0 Å². The maximum absolute atomic E-state index is 13.0. The fourth-order valence-electron chi connectivity index (χ4n) is 2.77. The summed E-state index contributed by atoms with van der Waals surface area (Å²) < 4.78 is 32.4. The molecule has 1 fully saturated rings. The van der Waals surface area contributed by atoms with E-state index in [0.29, 0.717) is 18.9 Å². The summed E-state index contributed by atoms with van der Waals surface area (Å²) in [5.41, 5.74) is 0.727. The molecule has 0 unspecified atom stereocenters. The molecule has 1 aliphatic rings. The van der Waals surface area contributed by atoms with E-state index in [0.717, 1.165) is 0 Å². The summed E-state index contributed by atoms with van der Waals surface area (Å²) in [7, 11) is -2.27. The molecule has 0 aliphatic carbocycles. The summed E-state index contributed by atoms with van der Waals surface area (Å²) in [6.07, 6.45) is 0. The van der Waals surface area contributed by atoms with E-state index in [1.165, 1.54) is 21.3 Å². The zero-order chi connectivity index (χ0) is 19.6. The third-order valence-electron chi connectivity index (χ3n) is 4.29. The summed E-state index contributed by atoms with van der Waals surface area (Å²) in [4.78, 5) is 14.2. The monoisotopic (exact) mass is 428 g/mol. The topological polar surface area (TPSA) is 66.9 Å². The number of carbonyl (C=O) groups is 1. The van der Waals surface area contributed by atoms with Crippen molar-refractivity contribution in [3.8, 4) is 0 Å². The van der Waals surface area contributed by atoms with Gasteiger partial charge in [0.25, 0.3) is 5.91 Å². The molecule has 2 aromatic rings. The van der Waals surface area contributed by atoms with Crippen LogP contribution in [0.25, 0.3) is 0 Å². The van der Waals surface area contributed by atoms with E-state index < -0.39 is 15.9 Å². The molecule has 2 aromatic carbocycles. The molecule has 3 rings (SSSR count). The number of halogens is 2. The van der Waals surface area contributed by atoms with Crippen LogP contribution in [0.2, 0.25) is 10.0 Å². The third-order valence-corrected chi connectivity index (χ3v) is 6.96.